The maximum Gasteiger partial charge on any atom is 0.338 e. The van der Waals surface area contributed by atoms with E-state index in [1.54, 1.807) is 67.6 Å². The molecule has 0 radical (unpaired) electrons. The van der Waals surface area contributed by atoms with Gasteiger partial charge in [0.2, 0.25) is 5.91 Å². The van der Waals surface area contributed by atoms with E-state index in [-0.39, 0.29) is 29.3 Å². The normalized spacial score (nSPS) is 16.2. The number of dihydropyridines is 1. The number of esters is 1. The van der Waals surface area contributed by atoms with Crippen LogP contribution in [-0.4, -0.2) is 23.7 Å². The van der Waals surface area contributed by atoms with Gasteiger partial charge in [-0.25, -0.2) is 10.1 Å². The van der Waals surface area contributed by atoms with Crippen molar-refractivity contribution in [3.63, 3.8) is 0 Å². The van der Waals surface area contributed by atoms with Gasteiger partial charge in [0.15, 0.2) is 5.75 Å². The predicted molar refractivity (Wildman–Crippen MR) is 120 cm³/mol. The van der Waals surface area contributed by atoms with Crippen molar-refractivity contribution < 1.29 is 24.5 Å². The molecule has 1 atom stereocenters. The molecule has 1 unspecified atom stereocenters. The molecule has 2 aromatic carbocycles. The number of carbonyl (C=O) groups excluding carboxylic acids is 2. The van der Waals surface area contributed by atoms with E-state index in [4.69, 9.17) is 33.1 Å². The van der Waals surface area contributed by atoms with Gasteiger partial charge in [-0.15, -0.1) is 0 Å². The van der Waals surface area contributed by atoms with Crippen LogP contribution in [0.5, 0.6) is 5.75 Å². The molecule has 0 aromatic heterocycles. The standard InChI is InChI=1S/C23H22ClN3O5/c1-13-18(22(26)28)19(15-7-4-9-16(24)12-15)20(21(25)27-13)23(29)31-11-5-8-14-6-2-3-10-17(14)32-30/h2-10,12,19,27,30H,11,25H2,1H3,(H2,26,28)/b8-5+. The molecule has 2 aromatic rings. The molecule has 6 N–H and O–H groups in total. The number of hydrogen-bond donors (Lipinski definition) is 4. The number of allylic oxidation sites excluding steroid dienone is 1. The Labute approximate surface area is 189 Å². The average molecular weight is 456 g/mol. The highest BCUT2D eigenvalue weighted by Gasteiger charge is 2.37. The molecule has 1 heterocycles. The Morgan fingerprint density at radius 3 is 2.62 bits per heavy atom. The lowest BCUT2D eigenvalue weighted by atomic mass is 9.81. The molecule has 0 bridgehead atoms. The largest absolute Gasteiger partial charge is 0.458 e. The lowest BCUT2D eigenvalue weighted by molar-refractivity contribution is -0.138. The zero-order valence-corrected chi connectivity index (χ0v) is 17.9. The molecule has 0 saturated heterocycles. The maximum atomic E-state index is 13.0. The fourth-order valence-electron chi connectivity index (χ4n) is 3.51. The molecular formula is C23H22ClN3O5. The summed E-state index contributed by atoms with van der Waals surface area (Å²) < 4.78 is 5.38. The van der Waals surface area contributed by atoms with Crippen LogP contribution in [0.15, 0.2) is 77.3 Å². The first-order valence-corrected chi connectivity index (χ1v) is 9.98. The summed E-state index contributed by atoms with van der Waals surface area (Å²) in [7, 11) is 0. The quantitative estimate of drug-likeness (QED) is 0.286. The molecule has 1 aliphatic rings. The Morgan fingerprint density at radius 2 is 1.94 bits per heavy atom. The number of rotatable bonds is 7. The smallest absolute Gasteiger partial charge is 0.338 e. The third kappa shape index (κ3) is 4.93. The first-order chi connectivity index (χ1) is 15.3. The molecule has 1 amide bonds. The fraction of sp³-hybridized carbons (Fsp3) is 0.130. The number of amides is 1. The molecule has 9 heteroatoms. The minimum atomic E-state index is -0.840. The second-order valence-electron chi connectivity index (χ2n) is 6.97. The number of nitrogens with one attached hydrogen (secondary N) is 1. The summed E-state index contributed by atoms with van der Waals surface area (Å²) in [5.41, 5.74) is 13.6. The molecular weight excluding hydrogens is 434 g/mol. The molecule has 0 fully saturated rings. The van der Waals surface area contributed by atoms with Crippen LogP contribution in [0.25, 0.3) is 6.08 Å². The van der Waals surface area contributed by atoms with Crippen LogP contribution in [0.3, 0.4) is 0 Å². The third-order valence-corrected chi connectivity index (χ3v) is 5.12. The van der Waals surface area contributed by atoms with Crippen molar-refractivity contribution in [3.05, 3.63) is 93.4 Å². The predicted octanol–water partition coefficient (Wildman–Crippen LogP) is 3.06. The number of primary amides is 1. The van der Waals surface area contributed by atoms with Gasteiger partial charge in [0.05, 0.1) is 11.5 Å². The van der Waals surface area contributed by atoms with Gasteiger partial charge in [-0.3, -0.25) is 4.79 Å². The Bertz CT molecular complexity index is 1140. The molecule has 0 aliphatic carbocycles. The van der Waals surface area contributed by atoms with E-state index in [0.29, 0.717) is 21.8 Å². The van der Waals surface area contributed by atoms with Crippen LogP contribution in [0.4, 0.5) is 0 Å². The summed E-state index contributed by atoms with van der Waals surface area (Å²) in [5.74, 6) is -1.94. The van der Waals surface area contributed by atoms with E-state index in [9.17, 15) is 9.59 Å². The molecule has 0 spiro atoms. The van der Waals surface area contributed by atoms with E-state index < -0.39 is 17.8 Å². The second-order valence-corrected chi connectivity index (χ2v) is 7.41. The Hall–Kier alpha value is -3.75. The van der Waals surface area contributed by atoms with Crippen molar-refractivity contribution in [1.82, 2.24) is 5.32 Å². The van der Waals surface area contributed by atoms with Crippen molar-refractivity contribution >= 4 is 29.6 Å². The number of benzene rings is 2. The highest BCUT2D eigenvalue weighted by molar-refractivity contribution is 6.30. The molecule has 0 saturated carbocycles. The molecule has 32 heavy (non-hydrogen) atoms. The lowest BCUT2D eigenvalue weighted by Crippen LogP contribution is -2.37. The van der Waals surface area contributed by atoms with Gasteiger partial charge in [0.25, 0.3) is 0 Å². The summed E-state index contributed by atoms with van der Waals surface area (Å²) >= 11 is 6.13. The number of para-hydroxylation sites is 1. The summed E-state index contributed by atoms with van der Waals surface area (Å²) in [6.45, 7) is 1.56. The van der Waals surface area contributed by atoms with Crippen molar-refractivity contribution in [2.45, 2.75) is 12.8 Å². The maximum absolute atomic E-state index is 13.0. The van der Waals surface area contributed by atoms with Gasteiger partial charge in [0, 0.05) is 21.9 Å². The van der Waals surface area contributed by atoms with Crippen LogP contribution >= 0.6 is 11.6 Å². The van der Waals surface area contributed by atoms with Crippen molar-refractivity contribution in [2.24, 2.45) is 11.5 Å². The first kappa shape index (κ1) is 22.9. The number of ether oxygens (including phenoxy) is 1. The van der Waals surface area contributed by atoms with Gasteiger partial charge in [-0.2, -0.15) is 0 Å². The van der Waals surface area contributed by atoms with Crippen LogP contribution < -0.4 is 21.7 Å². The van der Waals surface area contributed by atoms with Crippen molar-refractivity contribution in [1.29, 1.82) is 0 Å². The number of carbonyl (C=O) groups is 2. The van der Waals surface area contributed by atoms with Crippen LogP contribution in [0, 0.1) is 0 Å². The summed E-state index contributed by atoms with van der Waals surface area (Å²) in [6.07, 6.45) is 3.20. The molecule has 3 rings (SSSR count). The first-order valence-electron chi connectivity index (χ1n) is 9.60. The zero-order chi connectivity index (χ0) is 23.3. The second kappa shape index (κ2) is 10.0. The van der Waals surface area contributed by atoms with Gasteiger partial charge < -0.3 is 26.4 Å². The minimum absolute atomic E-state index is 0.0548. The van der Waals surface area contributed by atoms with Crippen molar-refractivity contribution in [3.8, 4) is 5.75 Å². The Kier molecular flexibility index (Phi) is 7.19. The van der Waals surface area contributed by atoms with Gasteiger partial charge >= 0.3 is 5.97 Å². The fourth-order valence-corrected chi connectivity index (χ4v) is 3.70. The summed E-state index contributed by atoms with van der Waals surface area (Å²) in [4.78, 5) is 29.5. The topological polar surface area (TPSA) is 137 Å². The third-order valence-electron chi connectivity index (χ3n) is 4.89. The van der Waals surface area contributed by atoms with Crippen LogP contribution in [-0.2, 0) is 14.3 Å². The zero-order valence-electron chi connectivity index (χ0n) is 17.2. The van der Waals surface area contributed by atoms with Crippen LogP contribution in [0.2, 0.25) is 5.02 Å². The monoisotopic (exact) mass is 455 g/mol. The summed E-state index contributed by atoms with van der Waals surface area (Å²) in [5, 5.41) is 12.2. The van der Waals surface area contributed by atoms with Crippen LogP contribution in [0.1, 0.15) is 24.0 Å². The molecule has 8 nitrogen and oxygen atoms in total. The van der Waals surface area contributed by atoms with Gasteiger partial charge in [-0.05, 0) is 36.8 Å². The highest BCUT2D eigenvalue weighted by atomic mass is 35.5. The van der Waals surface area contributed by atoms with Gasteiger partial charge in [-0.1, -0.05) is 48.0 Å². The average Bonchev–Trinajstić information content (AvgIpc) is 2.76. The van der Waals surface area contributed by atoms with Crippen molar-refractivity contribution in [2.75, 3.05) is 6.61 Å². The Balaban J connectivity index is 1.86. The van der Waals surface area contributed by atoms with E-state index in [1.165, 1.54) is 0 Å². The lowest BCUT2D eigenvalue weighted by Gasteiger charge is -2.29. The van der Waals surface area contributed by atoms with Gasteiger partial charge in [0.1, 0.15) is 12.4 Å². The Morgan fingerprint density at radius 1 is 1.19 bits per heavy atom. The van der Waals surface area contributed by atoms with E-state index >= 15 is 0 Å². The number of nitrogens with two attached hydrogens (primary N) is 2. The van der Waals surface area contributed by atoms with E-state index in [0.717, 1.165) is 0 Å². The number of hydrogen-bond acceptors (Lipinski definition) is 7. The summed E-state index contributed by atoms with van der Waals surface area (Å²) in [6, 6.07) is 13.5. The van der Waals surface area contributed by atoms with E-state index in [1.807, 2.05) is 0 Å². The molecule has 166 valence electrons. The highest BCUT2D eigenvalue weighted by Crippen LogP contribution is 2.38. The number of halogens is 1. The molecule has 1 aliphatic heterocycles. The SMILES string of the molecule is CC1=C(C(N)=O)C(c2cccc(Cl)c2)C(C(=O)OC/C=C/c2ccccc2OO)=C(N)N1. The minimum Gasteiger partial charge on any atom is -0.458 e. The van der Waals surface area contributed by atoms with E-state index in [2.05, 4.69) is 10.2 Å².